The highest BCUT2D eigenvalue weighted by molar-refractivity contribution is 5.93. The second kappa shape index (κ2) is 7.25. The second-order valence-electron chi connectivity index (χ2n) is 6.80. The molecular weight excluding hydrogens is 352 g/mol. The monoisotopic (exact) mass is 372 g/mol. The van der Waals surface area contributed by atoms with Gasteiger partial charge in [-0.25, -0.2) is 10.5 Å². The standard InChI is InChI=1S/C22H20N4O2/c1-14-9-20-19(12-18(14)17-7-4-8-23-13-17)24-21(26(20)2)11-15-5-3-6-16(10-15)22(27)25-28/h3-10,12-13,28H,11H2,1-2H3,(H,25,27). The molecule has 2 heterocycles. The molecule has 1 amide bonds. The molecule has 0 atom stereocenters. The maximum Gasteiger partial charge on any atom is 0.274 e. The van der Waals surface area contributed by atoms with Gasteiger partial charge in [-0.15, -0.1) is 0 Å². The number of nitrogens with one attached hydrogen (secondary N) is 1. The lowest BCUT2D eigenvalue weighted by Crippen LogP contribution is -2.18. The Bertz CT molecular complexity index is 1170. The summed E-state index contributed by atoms with van der Waals surface area (Å²) in [6.07, 6.45) is 4.20. The van der Waals surface area contributed by atoms with Gasteiger partial charge in [0.1, 0.15) is 5.82 Å². The number of imidazole rings is 1. The van der Waals surface area contributed by atoms with Gasteiger partial charge in [0.25, 0.3) is 5.91 Å². The van der Waals surface area contributed by atoms with Crippen molar-refractivity contribution >= 4 is 16.9 Å². The Kier molecular flexibility index (Phi) is 4.63. The smallest absolute Gasteiger partial charge is 0.274 e. The fraction of sp³-hybridized carbons (Fsp3) is 0.136. The van der Waals surface area contributed by atoms with Crippen LogP contribution in [0.5, 0.6) is 0 Å². The van der Waals surface area contributed by atoms with Crippen molar-refractivity contribution in [3.63, 3.8) is 0 Å². The first kappa shape index (κ1) is 17.9. The number of hydroxylamine groups is 1. The molecule has 0 aliphatic heterocycles. The topological polar surface area (TPSA) is 80.0 Å². The molecule has 0 saturated heterocycles. The molecular formula is C22H20N4O2. The molecule has 2 N–H and O–H groups in total. The average Bonchev–Trinajstić information content (AvgIpc) is 3.02. The van der Waals surface area contributed by atoms with E-state index in [-0.39, 0.29) is 0 Å². The predicted molar refractivity (Wildman–Crippen MR) is 107 cm³/mol. The van der Waals surface area contributed by atoms with Gasteiger partial charge in [0.05, 0.1) is 11.0 Å². The maximum absolute atomic E-state index is 11.6. The fourth-order valence-electron chi connectivity index (χ4n) is 3.45. The zero-order valence-corrected chi connectivity index (χ0v) is 15.7. The summed E-state index contributed by atoms with van der Waals surface area (Å²) < 4.78 is 2.08. The van der Waals surface area contributed by atoms with Gasteiger partial charge in [0.2, 0.25) is 0 Å². The first-order valence-corrected chi connectivity index (χ1v) is 8.96. The Labute approximate surface area is 162 Å². The number of hydrogen-bond acceptors (Lipinski definition) is 4. The summed E-state index contributed by atoms with van der Waals surface area (Å²) in [6.45, 7) is 2.09. The van der Waals surface area contributed by atoms with Gasteiger partial charge < -0.3 is 4.57 Å². The SMILES string of the molecule is Cc1cc2c(cc1-c1cccnc1)nc(Cc1cccc(C(=O)NO)c1)n2C. The number of fused-ring (bicyclic) bond motifs is 1. The van der Waals surface area contributed by atoms with Crippen molar-refractivity contribution in [2.45, 2.75) is 13.3 Å². The van der Waals surface area contributed by atoms with E-state index in [2.05, 4.69) is 28.6 Å². The Hall–Kier alpha value is -3.51. The number of aromatic nitrogens is 3. The van der Waals surface area contributed by atoms with Gasteiger partial charge in [0, 0.05) is 37.0 Å². The molecule has 0 spiro atoms. The lowest BCUT2D eigenvalue weighted by molar-refractivity contribution is 0.0706. The van der Waals surface area contributed by atoms with Crippen molar-refractivity contribution in [2.75, 3.05) is 0 Å². The van der Waals surface area contributed by atoms with Crippen LogP contribution >= 0.6 is 0 Å². The lowest BCUT2D eigenvalue weighted by Gasteiger charge is -2.07. The number of nitrogens with zero attached hydrogens (tertiary/aromatic N) is 3. The molecule has 0 bridgehead atoms. The van der Waals surface area contributed by atoms with E-state index < -0.39 is 5.91 Å². The van der Waals surface area contributed by atoms with Crippen molar-refractivity contribution < 1.29 is 10.0 Å². The summed E-state index contributed by atoms with van der Waals surface area (Å²) in [4.78, 5) is 20.7. The predicted octanol–water partition coefficient (Wildman–Crippen LogP) is 3.65. The van der Waals surface area contributed by atoms with E-state index in [1.807, 2.05) is 31.4 Å². The Morgan fingerprint density at radius 3 is 2.79 bits per heavy atom. The number of carbonyl (C=O) groups is 1. The first-order valence-electron chi connectivity index (χ1n) is 8.96. The highest BCUT2D eigenvalue weighted by Gasteiger charge is 2.13. The van der Waals surface area contributed by atoms with Crippen molar-refractivity contribution in [3.05, 3.63) is 83.4 Å². The quantitative estimate of drug-likeness (QED) is 0.423. The van der Waals surface area contributed by atoms with E-state index in [1.165, 1.54) is 0 Å². The van der Waals surface area contributed by atoms with Gasteiger partial charge in [-0.2, -0.15) is 0 Å². The zero-order chi connectivity index (χ0) is 19.7. The third-order valence-corrected chi connectivity index (χ3v) is 4.95. The van der Waals surface area contributed by atoms with Crippen LogP contribution in [-0.4, -0.2) is 25.6 Å². The van der Waals surface area contributed by atoms with Crippen LogP contribution in [0.15, 0.2) is 60.9 Å². The molecule has 0 aliphatic rings. The number of hydrogen-bond donors (Lipinski definition) is 2. The summed E-state index contributed by atoms with van der Waals surface area (Å²) in [5, 5.41) is 8.83. The largest absolute Gasteiger partial charge is 0.331 e. The minimum absolute atomic E-state index is 0.411. The Morgan fingerprint density at radius 1 is 1.18 bits per heavy atom. The molecule has 0 saturated carbocycles. The van der Waals surface area contributed by atoms with Gasteiger partial charge in [-0.05, 0) is 53.9 Å². The molecule has 0 unspecified atom stereocenters. The summed E-state index contributed by atoms with van der Waals surface area (Å²) in [7, 11) is 2.00. The number of carbonyl (C=O) groups excluding carboxylic acids is 1. The van der Waals surface area contributed by atoms with E-state index in [9.17, 15) is 4.79 Å². The second-order valence-corrected chi connectivity index (χ2v) is 6.80. The highest BCUT2D eigenvalue weighted by Crippen LogP contribution is 2.28. The summed E-state index contributed by atoms with van der Waals surface area (Å²) >= 11 is 0. The molecule has 0 radical (unpaired) electrons. The molecule has 2 aromatic heterocycles. The van der Waals surface area contributed by atoms with Crippen LogP contribution in [0.2, 0.25) is 0 Å². The molecule has 140 valence electrons. The number of rotatable bonds is 4. The molecule has 2 aromatic carbocycles. The van der Waals surface area contributed by atoms with Crippen molar-refractivity contribution in [1.29, 1.82) is 0 Å². The Balaban J connectivity index is 1.73. The molecule has 0 aliphatic carbocycles. The van der Waals surface area contributed by atoms with E-state index in [1.54, 1.807) is 29.9 Å². The fourth-order valence-corrected chi connectivity index (χ4v) is 3.45. The summed E-state index contributed by atoms with van der Waals surface area (Å²) in [5.41, 5.74) is 8.36. The summed E-state index contributed by atoms with van der Waals surface area (Å²) in [5.74, 6) is 0.378. The van der Waals surface area contributed by atoms with E-state index in [0.717, 1.165) is 39.1 Å². The molecule has 0 fully saturated rings. The van der Waals surface area contributed by atoms with Crippen LogP contribution in [0.4, 0.5) is 0 Å². The molecule has 28 heavy (non-hydrogen) atoms. The number of aryl methyl sites for hydroxylation is 2. The lowest BCUT2D eigenvalue weighted by atomic mass is 10.0. The third kappa shape index (κ3) is 3.25. The van der Waals surface area contributed by atoms with Crippen LogP contribution < -0.4 is 5.48 Å². The Morgan fingerprint density at radius 2 is 2.04 bits per heavy atom. The van der Waals surface area contributed by atoms with Gasteiger partial charge in [-0.1, -0.05) is 18.2 Å². The molecule has 4 aromatic rings. The first-order chi connectivity index (χ1) is 13.6. The van der Waals surface area contributed by atoms with E-state index in [0.29, 0.717) is 12.0 Å². The molecule has 4 rings (SSSR count). The average molecular weight is 372 g/mol. The third-order valence-electron chi connectivity index (χ3n) is 4.95. The minimum atomic E-state index is -0.524. The number of amides is 1. The van der Waals surface area contributed by atoms with Crippen LogP contribution in [0.3, 0.4) is 0 Å². The van der Waals surface area contributed by atoms with Crippen LogP contribution in [-0.2, 0) is 13.5 Å². The van der Waals surface area contributed by atoms with Crippen LogP contribution in [0, 0.1) is 6.92 Å². The number of benzene rings is 2. The maximum atomic E-state index is 11.6. The number of pyridine rings is 1. The van der Waals surface area contributed by atoms with Crippen molar-refractivity contribution in [1.82, 2.24) is 20.0 Å². The van der Waals surface area contributed by atoms with Gasteiger partial charge in [0.15, 0.2) is 0 Å². The van der Waals surface area contributed by atoms with Crippen LogP contribution in [0.25, 0.3) is 22.2 Å². The normalized spacial score (nSPS) is 11.0. The van der Waals surface area contributed by atoms with E-state index >= 15 is 0 Å². The van der Waals surface area contributed by atoms with Gasteiger partial charge >= 0.3 is 0 Å². The zero-order valence-electron chi connectivity index (χ0n) is 15.7. The van der Waals surface area contributed by atoms with Crippen molar-refractivity contribution in [3.8, 4) is 11.1 Å². The molecule has 6 nitrogen and oxygen atoms in total. The highest BCUT2D eigenvalue weighted by atomic mass is 16.5. The molecule has 6 heteroatoms. The minimum Gasteiger partial charge on any atom is -0.331 e. The van der Waals surface area contributed by atoms with E-state index in [4.69, 9.17) is 10.2 Å². The van der Waals surface area contributed by atoms with Crippen LogP contribution in [0.1, 0.15) is 27.3 Å². The van der Waals surface area contributed by atoms with Gasteiger partial charge in [-0.3, -0.25) is 15.0 Å². The summed E-state index contributed by atoms with van der Waals surface area (Å²) in [6, 6.07) is 15.4. The van der Waals surface area contributed by atoms with Crippen molar-refractivity contribution in [2.24, 2.45) is 7.05 Å².